The van der Waals surface area contributed by atoms with Gasteiger partial charge in [0.25, 0.3) is 0 Å². The molecule has 0 aliphatic carbocycles. The van der Waals surface area contributed by atoms with Gasteiger partial charge in [0.2, 0.25) is 0 Å². The molecule has 0 spiro atoms. The molecule has 0 aliphatic heterocycles. The van der Waals surface area contributed by atoms with Crippen LogP contribution in [0.3, 0.4) is 0 Å². The van der Waals surface area contributed by atoms with Crippen LogP contribution in [0.25, 0.3) is 0 Å². The molecule has 0 heterocycles. The Morgan fingerprint density at radius 2 is 0.667 bits per heavy atom. The normalized spacial score (nSPS) is 1.00. The molecular weight excluding hydrogens is 119 g/mol. The molecule has 0 aromatic rings. The summed E-state index contributed by atoms with van der Waals surface area (Å²) in [5.74, 6) is 0. The molecule has 46 valence electrons. The molecule has 0 aliphatic rings. The van der Waals surface area contributed by atoms with Crippen molar-refractivity contribution in [1.82, 2.24) is 0 Å². The summed E-state index contributed by atoms with van der Waals surface area (Å²) in [6, 6.07) is 0. The zero-order chi connectivity index (χ0) is 2.00. The summed E-state index contributed by atoms with van der Waals surface area (Å²) in [6.45, 7) is 1.92. The Labute approximate surface area is 36.0 Å². The van der Waals surface area contributed by atoms with E-state index in [9.17, 15) is 0 Å². The fourth-order valence-electron chi connectivity index (χ4n) is 0. The molecule has 0 N–H and O–H groups in total. The van der Waals surface area contributed by atoms with Crippen LogP contribution in [-0.2, 0) is 0 Å². The molecule has 0 aromatic carbocycles. The van der Waals surface area contributed by atoms with Crippen LogP contribution in [0.15, 0.2) is 0 Å². The monoisotopic (exact) mass is 128 g/mol. The first-order valence-corrected chi connectivity index (χ1v) is 1.73. The van der Waals surface area contributed by atoms with Crippen LogP contribution in [0.2, 0.25) is 0 Å². The zero-order valence-corrected chi connectivity index (χ0v) is 4.37. The van der Waals surface area contributed by atoms with Gasteiger partial charge in [-0.1, -0.05) is 6.66 Å². The summed E-state index contributed by atoms with van der Waals surface area (Å²) in [5, 5.41) is 0. The Morgan fingerprint density at radius 1 is 0.667 bits per heavy atom. The summed E-state index contributed by atoms with van der Waals surface area (Å²) < 4.78 is 0. The highest BCUT2D eigenvalue weighted by atomic mass is 31.0. The van der Waals surface area contributed by atoms with E-state index in [1.54, 1.807) is 0 Å². The van der Waals surface area contributed by atoms with Crippen molar-refractivity contribution in [3.05, 3.63) is 0 Å². The van der Waals surface area contributed by atoms with Crippen molar-refractivity contribution >= 4 is 9.24 Å². The predicted octanol–water partition coefficient (Wildman–Crippen LogP) is 1.10. The quantitative estimate of drug-likeness (QED) is 0.338. The minimum Gasteiger partial charge on any atom is -0.269 e. The standard InChI is InChI=1S/CH5P.4FH/c1-2;;;;/h2H2,1H3;4*1H. The van der Waals surface area contributed by atoms with E-state index < -0.39 is 0 Å². The van der Waals surface area contributed by atoms with Crippen LogP contribution in [0.4, 0.5) is 18.8 Å². The molecule has 0 saturated heterocycles. The Morgan fingerprint density at radius 3 is 0.667 bits per heavy atom. The van der Waals surface area contributed by atoms with Gasteiger partial charge in [0, 0.05) is 0 Å². The van der Waals surface area contributed by atoms with E-state index in [1.165, 1.54) is 0 Å². The van der Waals surface area contributed by atoms with E-state index in [2.05, 4.69) is 9.24 Å². The topological polar surface area (TPSA) is 0 Å². The molecule has 0 saturated carbocycles. The van der Waals surface area contributed by atoms with Crippen LogP contribution in [0.1, 0.15) is 0 Å². The van der Waals surface area contributed by atoms with Gasteiger partial charge in [-0.05, 0) is 0 Å². The lowest BCUT2D eigenvalue weighted by Gasteiger charge is -1.10. The highest BCUT2D eigenvalue weighted by Crippen LogP contribution is 1.46. The molecule has 0 bridgehead atoms. The molecule has 0 radical (unpaired) electrons. The molecule has 5 heteroatoms. The summed E-state index contributed by atoms with van der Waals surface area (Å²) in [6.07, 6.45) is 0. The van der Waals surface area contributed by atoms with Gasteiger partial charge < -0.3 is 0 Å². The minimum absolute atomic E-state index is 0. The second-order valence-corrected chi connectivity index (χ2v) is 0. The van der Waals surface area contributed by atoms with Crippen molar-refractivity contribution in [1.29, 1.82) is 0 Å². The van der Waals surface area contributed by atoms with Crippen molar-refractivity contribution in [2.24, 2.45) is 0 Å². The van der Waals surface area contributed by atoms with Crippen LogP contribution >= 0.6 is 9.24 Å². The highest BCUT2D eigenvalue weighted by Gasteiger charge is 0.906. The van der Waals surface area contributed by atoms with Gasteiger partial charge in [0.15, 0.2) is 0 Å². The van der Waals surface area contributed by atoms with Crippen LogP contribution in [0, 0.1) is 0 Å². The van der Waals surface area contributed by atoms with E-state index in [0.29, 0.717) is 0 Å². The molecular formula is CH9F4P. The first-order valence-electron chi connectivity index (χ1n) is 0.577. The third kappa shape index (κ3) is 1830. The van der Waals surface area contributed by atoms with Crippen molar-refractivity contribution in [2.75, 3.05) is 6.66 Å². The summed E-state index contributed by atoms with van der Waals surface area (Å²) in [5.41, 5.74) is 0. The van der Waals surface area contributed by atoms with Gasteiger partial charge in [-0.15, -0.1) is 9.24 Å². The van der Waals surface area contributed by atoms with E-state index in [1.807, 2.05) is 6.66 Å². The number of halogens is 4. The first kappa shape index (κ1) is 123. The van der Waals surface area contributed by atoms with Gasteiger partial charge in [0.1, 0.15) is 0 Å². The smallest absolute Gasteiger partial charge is 0.0500 e. The van der Waals surface area contributed by atoms with Crippen molar-refractivity contribution < 1.29 is 18.8 Å². The summed E-state index contributed by atoms with van der Waals surface area (Å²) >= 11 is 0. The lowest BCUT2D eigenvalue weighted by Crippen LogP contribution is -0.804. The van der Waals surface area contributed by atoms with Crippen molar-refractivity contribution in [3.8, 4) is 0 Å². The van der Waals surface area contributed by atoms with E-state index >= 15 is 0 Å². The molecule has 6 heavy (non-hydrogen) atoms. The third-order valence-electron chi connectivity index (χ3n) is 0. The van der Waals surface area contributed by atoms with Crippen LogP contribution in [-0.4, -0.2) is 6.66 Å². The minimum atomic E-state index is 0. The summed E-state index contributed by atoms with van der Waals surface area (Å²) in [7, 11) is 2.42. The lowest BCUT2D eigenvalue weighted by atomic mass is 12.0. The first-order chi connectivity index (χ1) is 1.00. The Balaban J connectivity index is -0.000000000833. The highest BCUT2D eigenvalue weighted by molar-refractivity contribution is 7.15. The molecule has 1 unspecified atom stereocenters. The third-order valence-corrected chi connectivity index (χ3v) is 0. The van der Waals surface area contributed by atoms with Gasteiger partial charge in [-0.3, -0.25) is 18.8 Å². The number of hydrogen-bond donors (Lipinski definition) is 0. The van der Waals surface area contributed by atoms with Crippen LogP contribution < -0.4 is 0 Å². The van der Waals surface area contributed by atoms with Crippen molar-refractivity contribution in [3.63, 3.8) is 0 Å². The molecule has 0 aromatic heterocycles. The lowest BCUT2D eigenvalue weighted by molar-refractivity contribution is 1.11. The fraction of sp³-hybridized carbons (Fsp3) is 1.00. The van der Waals surface area contributed by atoms with Gasteiger partial charge in [-0.25, -0.2) is 0 Å². The van der Waals surface area contributed by atoms with Gasteiger partial charge >= 0.3 is 0 Å². The van der Waals surface area contributed by atoms with E-state index in [4.69, 9.17) is 0 Å². The molecule has 1 atom stereocenters. The molecule has 0 amide bonds. The zero-order valence-electron chi connectivity index (χ0n) is 3.21. The maximum Gasteiger partial charge on any atom is -0.0500 e. The summed E-state index contributed by atoms with van der Waals surface area (Å²) in [4.78, 5) is 0. The Hall–Kier alpha value is 0.150. The van der Waals surface area contributed by atoms with Gasteiger partial charge in [0.05, 0.1) is 0 Å². The predicted molar refractivity (Wildman–Crippen MR) is 25.6 cm³/mol. The molecule has 0 fully saturated rings. The Bertz CT molecular complexity index is 7.51. The fourth-order valence-corrected chi connectivity index (χ4v) is 0. The van der Waals surface area contributed by atoms with Gasteiger partial charge in [-0.2, -0.15) is 0 Å². The average molecular weight is 128 g/mol. The number of hydrogen-bond acceptors (Lipinski definition) is 0. The second-order valence-electron chi connectivity index (χ2n) is 0. The van der Waals surface area contributed by atoms with Crippen molar-refractivity contribution in [2.45, 2.75) is 0 Å². The molecule has 0 nitrogen and oxygen atoms in total. The number of rotatable bonds is 0. The SMILES string of the molecule is CP.F.F.F.F. The van der Waals surface area contributed by atoms with E-state index in [0.717, 1.165) is 0 Å². The average Bonchev–Trinajstić information content (AvgIpc) is 1.00. The second kappa shape index (κ2) is 3940. The molecule has 0 rings (SSSR count). The van der Waals surface area contributed by atoms with Crippen LogP contribution in [0.5, 0.6) is 0 Å². The van der Waals surface area contributed by atoms with E-state index in [-0.39, 0.29) is 18.8 Å². The largest absolute Gasteiger partial charge is 0.269 e. The maximum absolute atomic E-state index is 2.42. The maximum atomic E-state index is 2.42. The Kier molecular flexibility index (Phi) is 81000.